The minimum absolute atomic E-state index is 0.0384. The number of carboxylic acid groups (broad SMARTS) is 1. The minimum atomic E-state index is -1.09. The standard InChI is InChI=1S/C12H23N3O4/c1-3-5-7-18-10(9-14-15-13)11(12(16)17)19-8-6-4-2/h10-11H,3-9H2,1-2H3,(H,16,17)/t10-,11-/m0/s1. The molecule has 0 spiro atoms. The van der Waals surface area contributed by atoms with Crippen LogP contribution in [0, 0.1) is 0 Å². The van der Waals surface area contributed by atoms with E-state index in [1.54, 1.807) is 0 Å². The van der Waals surface area contributed by atoms with Crippen molar-refractivity contribution in [2.75, 3.05) is 19.8 Å². The van der Waals surface area contributed by atoms with Gasteiger partial charge in [0.15, 0.2) is 6.10 Å². The van der Waals surface area contributed by atoms with Gasteiger partial charge < -0.3 is 14.6 Å². The zero-order valence-corrected chi connectivity index (χ0v) is 11.6. The molecule has 0 aromatic carbocycles. The van der Waals surface area contributed by atoms with Gasteiger partial charge in [0.2, 0.25) is 0 Å². The van der Waals surface area contributed by atoms with Gasteiger partial charge in [-0.3, -0.25) is 0 Å². The third kappa shape index (κ3) is 8.42. The summed E-state index contributed by atoms with van der Waals surface area (Å²) in [6, 6.07) is 0. The first-order valence-corrected chi connectivity index (χ1v) is 6.64. The molecule has 0 fully saturated rings. The zero-order chi connectivity index (χ0) is 14.5. The lowest BCUT2D eigenvalue weighted by atomic mass is 10.2. The molecular weight excluding hydrogens is 250 g/mol. The number of rotatable bonds is 12. The number of ether oxygens (including phenoxy) is 2. The molecular formula is C12H23N3O4. The molecule has 0 saturated carbocycles. The average molecular weight is 273 g/mol. The molecule has 7 heteroatoms. The highest BCUT2D eigenvalue weighted by Crippen LogP contribution is 2.09. The Labute approximate surface area is 113 Å². The summed E-state index contributed by atoms with van der Waals surface area (Å²) >= 11 is 0. The highest BCUT2D eigenvalue weighted by Gasteiger charge is 2.29. The van der Waals surface area contributed by atoms with Gasteiger partial charge in [-0.05, 0) is 18.4 Å². The van der Waals surface area contributed by atoms with Crippen LogP contribution >= 0.6 is 0 Å². The third-order valence-corrected chi connectivity index (χ3v) is 2.53. The lowest BCUT2D eigenvalue weighted by molar-refractivity contribution is -0.161. The number of unbranched alkanes of at least 4 members (excludes halogenated alkanes) is 2. The smallest absolute Gasteiger partial charge is 0.335 e. The molecule has 2 atom stereocenters. The second kappa shape index (κ2) is 11.8. The molecule has 7 nitrogen and oxygen atoms in total. The van der Waals surface area contributed by atoms with Crippen LogP contribution in [-0.2, 0) is 14.3 Å². The topological polar surface area (TPSA) is 105 Å². The normalized spacial score (nSPS) is 13.6. The van der Waals surface area contributed by atoms with Gasteiger partial charge in [-0.25, -0.2) is 4.79 Å². The lowest BCUT2D eigenvalue weighted by Crippen LogP contribution is -2.40. The van der Waals surface area contributed by atoms with Crippen molar-refractivity contribution in [1.82, 2.24) is 0 Å². The van der Waals surface area contributed by atoms with E-state index in [2.05, 4.69) is 10.0 Å². The second-order valence-corrected chi connectivity index (χ2v) is 4.16. The second-order valence-electron chi connectivity index (χ2n) is 4.16. The fourth-order valence-corrected chi connectivity index (χ4v) is 1.42. The molecule has 0 unspecified atom stereocenters. The number of hydrogen-bond donors (Lipinski definition) is 1. The number of nitrogens with zero attached hydrogens (tertiary/aromatic N) is 3. The molecule has 0 radical (unpaired) electrons. The molecule has 19 heavy (non-hydrogen) atoms. The van der Waals surface area contributed by atoms with Crippen LogP contribution in [0.4, 0.5) is 0 Å². The maximum absolute atomic E-state index is 11.2. The molecule has 0 amide bonds. The van der Waals surface area contributed by atoms with E-state index in [-0.39, 0.29) is 6.54 Å². The van der Waals surface area contributed by atoms with E-state index in [0.717, 1.165) is 25.7 Å². The van der Waals surface area contributed by atoms with Crippen molar-refractivity contribution in [3.8, 4) is 0 Å². The molecule has 110 valence electrons. The first-order chi connectivity index (χ1) is 9.17. The maximum atomic E-state index is 11.2. The van der Waals surface area contributed by atoms with Crippen molar-refractivity contribution in [3.63, 3.8) is 0 Å². The highest BCUT2D eigenvalue weighted by atomic mass is 16.6. The molecule has 0 saturated heterocycles. The van der Waals surface area contributed by atoms with Gasteiger partial charge in [-0.1, -0.05) is 31.8 Å². The Morgan fingerprint density at radius 3 is 2.32 bits per heavy atom. The van der Waals surface area contributed by atoms with Crippen molar-refractivity contribution < 1.29 is 19.4 Å². The van der Waals surface area contributed by atoms with Crippen molar-refractivity contribution in [2.45, 2.75) is 51.7 Å². The van der Waals surface area contributed by atoms with Crippen molar-refractivity contribution in [2.24, 2.45) is 5.11 Å². The van der Waals surface area contributed by atoms with E-state index in [0.29, 0.717) is 13.2 Å². The first kappa shape index (κ1) is 17.7. The summed E-state index contributed by atoms with van der Waals surface area (Å²) in [6.07, 6.45) is 1.65. The number of hydrogen-bond acceptors (Lipinski definition) is 4. The van der Waals surface area contributed by atoms with E-state index in [1.807, 2.05) is 13.8 Å². The van der Waals surface area contributed by atoms with Crippen LogP contribution in [0.5, 0.6) is 0 Å². The van der Waals surface area contributed by atoms with Crippen LogP contribution in [-0.4, -0.2) is 43.0 Å². The van der Waals surface area contributed by atoms with E-state index in [9.17, 15) is 4.79 Å². The average Bonchev–Trinajstić information content (AvgIpc) is 2.39. The first-order valence-electron chi connectivity index (χ1n) is 6.64. The largest absolute Gasteiger partial charge is 0.479 e. The lowest BCUT2D eigenvalue weighted by Gasteiger charge is -2.23. The summed E-state index contributed by atoms with van der Waals surface area (Å²) in [7, 11) is 0. The van der Waals surface area contributed by atoms with Gasteiger partial charge in [0.1, 0.15) is 6.10 Å². The van der Waals surface area contributed by atoms with Gasteiger partial charge in [-0.15, -0.1) is 0 Å². The summed E-state index contributed by atoms with van der Waals surface area (Å²) in [5.41, 5.74) is 8.34. The maximum Gasteiger partial charge on any atom is 0.335 e. The monoisotopic (exact) mass is 273 g/mol. The predicted molar refractivity (Wildman–Crippen MR) is 70.9 cm³/mol. The van der Waals surface area contributed by atoms with Gasteiger partial charge in [0.25, 0.3) is 0 Å². The Morgan fingerprint density at radius 1 is 1.26 bits per heavy atom. The van der Waals surface area contributed by atoms with Crippen molar-refractivity contribution in [3.05, 3.63) is 10.4 Å². The quantitative estimate of drug-likeness (QED) is 0.255. The van der Waals surface area contributed by atoms with E-state index >= 15 is 0 Å². The van der Waals surface area contributed by atoms with Crippen LogP contribution in [0.15, 0.2) is 5.11 Å². The van der Waals surface area contributed by atoms with Gasteiger partial charge in [0.05, 0.1) is 6.54 Å². The highest BCUT2D eigenvalue weighted by molar-refractivity contribution is 5.73. The summed E-state index contributed by atoms with van der Waals surface area (Å²) in [4.78, 5) is 13.8. The van der Waals surface area contributed by atoms with Crippen LogP contribution in [0.1, 0.15) is 39.5 Å². The molecule has 0 rings (SSSR count). The Balaban J connectivity index is 4.50. The molecule has 0 aromatic rings. The Kier molecular flexibility index (Phi) is 11.0. The summed E-state index contributed by atoms with van der Waals surface area (Å²) < 4.78 is 10.8. The van der Waals surface area contributed by atoms with Crippen LogP contribution in [0.3, 0.4) is 0 Å². The SMILES string of the molecule is CCCCO[C@@H](CN=[N+]=[N-])[C@H](OCCCC)C(=O)O. The van der Waals surface area contributed by atoms with Crippen LogP contribution in [0.25, 0.3) is 10.4 Å². The Morgan fingerprint density at radius 2 is 1.84 bits per heavy atom. The minimum Gasteiger partial charge on any atom is -0.479 e. The number of azide groups is 1. The molecule has 0 aromatic heterocycles. The number of carbonyl (C=O) groups is 1. The molecule has 0 aliphatic heterocycles. The predicted octanol–water partition coefficient (Wildman–Crippen LogP) is 2.75. The summed E-state index contributed by atoms with van der Waals surface area (Å²) in [6.45, 7) is 4.76. The third-order valence-electron chi connectivity index (χ3n) is 2.53. The van der Waals surface area contributed by atoms with Gasteiger partial charge in [-0.2, -0.15) is 0 Å². The molecule has 0 aliphatic carbocycles. The number of carboxylic acids is 1. The fraction of sp³-hybridized carbons (Fsp3) is 0.917. The van der Waals surface area contributed by atoms with Gasteiger partial charge in [0, 0.05) is 18.1 Å². The molecule has 1 N–H and O–H groups in total. The van der Waals surface area contributed by atoms with Crippen LogP contribution in [0.2, 0.25) is 0 Å². The Hall–Kier alpha value is -1.30. The van der Waals surface area contributed by atoms with Crippen LogP contribution < -0.4 is 0 Å². The van der Waals surface area contributed by atoms with Crippen molar-refractivity contribution >= 4 is 5.97 Å². The van der Waals surface area contributed by atoms with E-state index in [4.69, 9.17) is 20.1 Å². The molecule has 0 heterocycles. The summed E-state index contributed by atoms with van der Waals surface area (Å²) in [5, 5.41) is 12.6. The molecule has 0 aliphatic rings. The molecule has 0 bridgehead atoms. The fourth-order valence-electron chi connectivity index (χ4n) is 1.42. The van der Waals surface area contributed by atoms with E-state index < -0.39 is 18.2 Å². The number of aliphatic carboxylic acids is 1. The van der Waals surface area contributed by atoms with E-state index in [1.165, 1.54) is 0 Å². The summed E-state index contributed by atoms with van der Waals surface area (Å²) in [5.74, 6) is -1.09. The van der Waals surface area contributed by atoms with Crippen molar-refractivity contribution in [1.29, 1.82) is 0 Å². The Bertz CT molecular complexity index is 293. The van der Waals surface area contributed by atoms with Gasteiger partial charge >= 0.3 is 5.97 Å². The zero-order valence-electron chi connectivity index (χ0n) is 11.6.